The Morgan fingerprint density at radius 3 is 1.08 bits per heavy atom. The number of hydrogen-bond donors (Lipinski definition) is 0. The summed E-state index contributed by atoms with van der Waals surface area (Å²) in [6.07, 6.45) is 0. The van der Waals surface area contributed by atoms with Gasteiger partial charge < -0.3 is 0 Å². The summed E-state index contributed by atoms with van der Waals surface area (Å²) in [6.45, 7) is 14.5. The number of halogens is 2. The Kier molecular flexibility index (Phi) is 2.87. The molecule has 13 heavy (non-hydrogen) atoms. The summed E-state index contributed by atoms with van der Waals surface area (Å²) in [7, 11) is -2.22. The average molecular weight is 342 g/mol. The van der Waals surface area contributed by atoms with Crippen molar-refractivity contribution < 1.29 is 0 Å². The van der Waals surface area contributed by atoms with Crippen LogP contribution in [-0.2, 0) is 0 Å². The van der Waals surface area contributed by atoms with Gasteiger partial charge in [-0.2, -0.15) is 0 Å². The van der Waals surface area contributed by atoms with Crippen LogP contribution in [0.25, 0.3) is 0 Å². The summed E-state index contributed by atoms with van der Waals surface area (Å²) in [5, 5.41) is 3.42. The van der Waals surface area contributed by atoms with Crippen LogP contribution >= 0.6 is 31.9 Å². The maximum Gasteiger partial charge on any atom is 0.115 e. The Labute approximate surface area is 100 Å². The highest BCUT2D eigenvalue weighted by molar-refractivity contribution is 9.26. The van der Waals surface area contributed by atoms with E-state index in [1.807, 2.05) is 0 Å². The Balaban J connectivity index is 3.05. The summed E-state index contributed by atoms with van der Waals surface area (Å²) in [4.78, 5) is 0. The highest BCUT2D eigenvalue weighted by Crippen LogP contribution is 2.62. The molecule has 0 saturated carbocycles. The fourth-order valence-corrected chi connectivity index (χ4v) is 16.7. The van der Waals surface area contributed by atoms with E-state index < -0.39 is 16.1 Å². The van der Waals surface area contributed by atoms with Gasteiger partial charge in [-0.15, -0.1) is 0 Å². The van der Waals surface area contributed by atoms with Gasteiger partial charge in [0.1, 0.15) is 3.23 Å². The molecule has 0 aromatic rings. The maximum absolute atomic E-state index is 3.80. The van der Waals surface area contributed by atoms with Crippen molar-refractivity contribution in [1.82, 2.24) is 0 Å². The van der Waals surface area contributed by atoms with E-state index in [1.165, 1.54) is 0 Å². The van der Waals surface area contributed by atoms with E-state index in [2.05, 4.69) is 71.1 Å². The molecule has 1 rings (SSSR count). The molecule has 0 nitrogen and oxygen atoms in total. The van der Waals surface area contributed by atoms with Crippen LogP contribution in [-0.4, -0.2) is 19.4 Å². The summed E-state index contributed by atoms with van der Waals surface area (Å²) in [5.41, 5.74) is 0. The lowest BCUT2D eigenvalue weighted by atomic mass is 10.9. The lowest BCUT2D eigenvalue weighted by Gasteiger charge is -2.15. The van der Waals surface area contributed by atoms with Crippen molar-refractivity contribution in [2.75, 3.05) is 0 Å². The van der Waals surface area contributed by atoms with Crippen LogP contribution in [0.4, 0.5) is 0 Å². The van der Waals surface area contributed by atoms with Gasteiger partial charge in [-0.3, -0.25) is 0 Å². The van der Waals surface area contributed by atoms with E-state index in [1.54, 1.807) is 10.4 Å². The molecule has 0 aromatic heterocycles. The van der Waals surface area contributed by atoms with Crippen LogP contribution < -0.4 is 0 Å². The molecule has 0 aromatic carbocycles. The second-order valence-electron chi connectivity index (χ2n) is 5.82. The zero-order valence-corrected chi connectivity index (χ0v) is 14.4. The first-order valence-corrected chi connectivity index (χ1v) is 13.2. The second-order valence-corrected chi connectivity index (χ2v) is 19.3. The molecule has 0 heterocycles. The van der Waals surface area contributed by atoms with Gasteiger partial charge in [0.25, 0.3) is 0 Å². The summed E-state index contributed by atoms with van der Waals surface area (Å²) in [6, 6.07) is 0. The monoisotopic (exact) mass is 340 g/mol. The fourth-order valence-electron chi connectivity index (χ4n) is 1.93. The molecule has 0 N–H and O–H groups in total. The van der Waals surface area contributed by atoms with Crippen molar-refractivity contribution in [3.8, 4) is 0 Å². The van der Waals surface area contributed by atoms with Gasteiger partial charge in [0.05, 0.1) is 16.1 Å². The number of rotatable bonds is 2. The molecule has 0 fully saturated rings. The van der Waals surface area contributed by atoms with Gasteiger partial charge in [-0.25, -0.2) is 0 Å². The Morgan fingerprint density at radius 2 is 1.00 bits per heavy atom. The molecule has 0 atom stereocenters. The van der Waals surface area contributed by atoms with E-state index >= 15 is 0 Å². The van der Waals surface area contributed by atoms with Crippen LogP contribution in [0.15, 0.2) is 10.4 Å². The molecular weight excluding hydrogens is 324 g/mol. The maximum atomic E-state index is 3.80. The van der Waals surface area contributed by atoms with Crippen molar-refractivity contribution in [3.63, 3.8) is 0 Å². The molecular formula is C9H18Br2Si2. The van der Waals surface area contributed by atoms with E-state index in [0.717, 1.165) is 0 Å². The number of allylic oxidation sites excluding steroid dienone is 2. The van der Waals surface area contributed by atoms with Gasteiger partial charge in [-0.05, 0) is 0 Å². The SMILES string of the molecule is C[Si](C)(C)C1=C([Si](C)(C)C)C1(Br)Br. The van der Waals surface area contributed by atoms with Crippen LogP contribution in [0, 0.1) is 0 Å². The van der Waals surface area contributed by atoms with Crippen molar-refractivity contribution in [3.05, 3.63) is 10.4 Å². The van der Waals surface area contributed by atoms with E-state index in [-0.39, 0.29) is 3.23 Å². The first kappa shape index (κ1) is 12.2. The van der Waals surface area contributed by atoms with Gasteiger partial charge in [0.2, 0.25) is 0 Å². The van der Waals surface area contributed by atoms with Crippen molar-refractivity contribution in [2.45, 2.75) is 42.5 Å². The highest BCUT2D eigenvalue weighted by Gasteiger charge is 2.58. The van der Waals surface area contributed by atoms with Crippen LogP contribution in [0.5, 0.6) is 0 Å². The third kappa shape index (κ3) is 2.21. The quantitative estimate of drug-likeness (QED) is 0.511. The topological polar surface area (TPSA) is 0 Å². The van der Waals surface area contributed by atoms with Crippen LogP contribution in [0.2, 0.25) is 39.3 Å². The summed E-state index contributed by atoms with van der Waals surface area (Å²) in [5.74, 6) is 0. The fraction of sp³-hybridized carbons (Fsp3) is 0.778. The van der Waals surface area contributed by atoms with Gasteiger partial charge in [0, 0.05) is 0 Å². The molecule has 0 bridgehead atoms. The van der Waals surface area contributed by atoms with Crippen LogP contribution in [0.3, 0.4) is 0 Å². The third-order valence-electron chi connectivity index (χ3n) is 2.32. The molecule has 4 heteroatoms. The Hall–Kier alpha value is 1.13. The molecule has 0 radical (unpaired) electrons. The molecule has 0 saturated heterocycles. The normalized spacial score (nSPS) is 22.2. The summed E-state index contributed by atoms with van der Waals surface area (Å²) < 4.78 is 0.134. The standard InChI is InChI=1S/C9H18Br2Si2/c1-12(2,3)7-8(9(7,10)11)13(4,5)6/h1-6H3. The molecule has 76 valence electrons. The molecule has 0 spiro atoms. The van der Waals surface area contributed by atoms with E-state index in [9.17, 15) is 0 Å². The van der Waals surface area contributed by atoms with Gasteiger partial charge in [-0.1, -0.05) is 81.5 Å². The zero-order chi connectivity index (χ0) is 10.7. The van der Waals surface area contributed by atoms with Gasteiger partial charge >= 0.3 is 0 Å². The first-order valence-electron chi connectivity index (χ1n) is 4.63. The molecule has 1 aliphatic carbocycles. The van der Waals surface area contributed by atoms with Crippen molar-refractivity contribution in [2.24, 2.45) is 0 Å². The van der Waals surface area contributed by atoms with Gasteiger partial charge in [0.15, 0.2) is 0 Å². The van der Waals surface area contributed by atoms with E-state index in [0.29, 0.717) is 0 Å². The Morgan fingerprint density at radius 1 is 0.769 bits per heavy atom. The largest absolute Gasteiger partial charge is 0.115 e. The number of hydrogen-bond acceptors (Lipinski definition) is 0. The predicted octanol–water partition coefficient (Wildman–Crippen LogP) is 4.54. The molecule has 1 aliphatic rings. The lowest BCUT2D eigenvalue weighted by Crippen LogP contribution is -2.22. The van der Waals surface area contributed by atoms with Crippen LogP contribution in [0.1, 0.15) is 0 Å². The minimum absolute atomic E-state index is 0.134. The second kappa shape index (κ2) is 3.06. The number of alkyl halides is 2. The first-order chi connectivity index (χ1) is 5.49. The molecule has 0 unspecified atom stereocenters. The molecule has 0 aliphatic heterocycles. The lowest BCUT2D eigenvalue weighted by molar-refractivity contribution is 1.52. The smallest absolute Gasteiger partial charge is 0.0659 e. The van der Waals surface area contributed by atoms with Crippen molar-refractivity contribution >= 4 is 48.0 Å². The zero-order valence-electron chi connectivity index (χ0n) is 9.26. The minimum atomic E-state index is -1.11. The van der Waals surface area contributed by atoms with Crippen molar-refractivity contribution in [1.29, 1.82) is 0 Å². The average Bonchev–Trinajstić information content (AvgIpc) is 2.29. The molecule has 0 amide bonds. The summed E-state index contributed by atoms with van der Waals surface area (Å²) >= 11 is 7.61. The van der Waals surface area contributed by atoms with E-state index in [4.69, 9.17) is 0 Å². The predicted molar refractivity (Wildman–Crippen MR) is 74.3 cm³/mol. The highest BCUT2D eigenvalue weighted by atomic mass is 79.9. The third-order valence-corrected chi connectivity index (χ3v) is 9.87. The minimum Gasteiger partial charge on any atom is -0.0659 e. The Bertz CT molecular complexity index is 240.